The predicted molar refractivity (Wildman–Crippen MR) is 129 cm³/mol. The number of rotatable bonds is 5. The first-order chi connectivity index (χ1) is 15.8. The predicted octanol–water partition coefficient (Wildman–Crippen LogP) is 5.98. The van der Waals surface area contributed by atoms with Crippen molar-refractivity contribution in [2.45, 2.75) is 6.54 Å². The largest absolute Gasteiger partial charge is 0.497 e. The third-order valence-corrected chi connectivity index (χ3v) is 5.88. The average molecular weight is 419 g/mol. The number of hydrogen-bond acceptors (Lipinski definition) is 4. The summed E-state index contributed by atoms with van der Waals surface area (Å²) < 4.78 is 13.9. The van der Waals surface area contributed by atoms with Gasteiger partial charge in [0.05, 0.1) is 30.2 Å². The van der Waals surface area contributed by atoms with Crippen LogP contribution in [0.4, 0.5) is 0 Å². The first kappa shape index (κ1) is 18.6. The van der Waals surface area contributed by atoms with Gasteiger partial charge in [-0.25, -0.2) is 9.97 Å². The van der Waals surface area contributed by atoms with Crippen molar-refractivity contribution >= 4 is 43.9 Å². The van der Waals surface area contributed by atoms with Gasteiger partial charge in [0, 0.05) is 10.8 Å². The molecule has 6 aromatic rings. The second kappa shape index (κ2) is 7.54. The summed E-state index contributed by atoms with van der Waals surface area (Å²) in [6.07, 6.45) is 0. The van der Waals surface area contributed by atoms with E-state index in [1.165, 1.54) is 5.39 Å². The Labute approximate surface area is 184 Å². The summed E-state index contributed by atoms with van der Waals surface area (Å²) in [4.78, 5) is 9.88. The molecule has 0 spiro atoms. The molecule has 0 unspecified atom stereocenters. The molecular weight excluding hydrogens is 398 g/mol. The van der Waals surface area contributed by atoms with E-state index in [4.69, 9.17) is 19.4 Å². The Morgan fingerprint density at radius 1 is 0.781 bits per heavy atom. The van der Waals surface area contributed by atoms with Crippen molar-refractivity contribution in [3.05, 3.63) is 84.9 Å². The van der Waals surface area contributed by atoms with Crippen molar-refractivity contribution in [3.8, 4) is 11.5 Å². The van der Waals surface area contributed by atoms with Gasteiger partial charge in [0.25, 0.3) is 0 Å². The molecule has 4 aromatic carbocycles. The molecule has 0 aliphatic carbocycles. The molecule has 0 amide bonds. The highest BCUT2D eigenvalue weighted by Gasteiger charge is 2.15. The normalized spacial score (nSPS) is 11.5. The van der Waals surface area contributed by atoms with E-state index in [1.807, 2.05) is 60.7 Å². The SMILES string of the molecule is COc1ccc2c(c1)c1nc3ccccc3nc1n2CCOc1cccc2ccccc12. The van der Waals surface area contributed by atoms with E-state index < -0.39 is 0 Å². The van der Waals surface area contributed by atoms with Gasteiger partial charge in [-0.2, -0.15) is 0 Å². The van der Waals surface area contributed by atoms with Gasteiger partial charge < -0.3 is 14.0 Å². The molecule has 6 rings (SSSR count). The van der Waals surface area contributed by atoms with Gasteiger partial charge in [-0.1, -0.05) is 48.5 Å². The van der Waals surface area contributed by atoms with Gasteiger partial charge in [0.15, 0.2) is 5.65 Å². The molecule has 0 fully saturated rings. The minimum Gasteiger partial charge on any atom is -0.497 e. The number of benzene rings is 4. The lowest BCUT2D eigenvalue weighted by Crippen LogP contribution is -2.09. The van der Waals surface area contributed by atoms with Gasteiger partial charge in [-0.05, 0) is 41.8 Å². The molecule has 0 aliphatic heterocycles. The highest BCUT2D eigenvalue weighted by molar-refractivity contribution is 6.07. The van der Waals surface area contributed by atoms with Crippen LogP contribution in [0.5, 0.6) is 11.5 Å². The number of aromatic nitrogens is 3. The highest BCUT2D eigenvalue weighted by atomic mass is 16.5. The molecule has 32 heavy (non-hydrogen) atoms. The maximum atomic E-state index is 6.23. The lowest BCUT2D eigenvalue weighted by molar-refractivity contribution is 0.305. The third kappa shape index (κ3) is 3.02. The van der Waals surface area contributed by atoms with Gasteiger partial charge in [-0.15, -0.1) is 0 Å². The van der Waals surface area contributed by atoms with E-state index in [9.17, 15) is 0 Å². The molecule has 5 nitrogen and oxygen atoms in total. The topological polar surface area (TPSA) is 49.2 Å². The Morgan fingerprint density at radius 2 is 1.56 bits per heavy atom. The van der Waals surface area contributed by atoms with E-state index in [0.717, 1.165) is 50.0 Å². The molecular formula is C27H21N3O2. The molecule has 0 saturated carbocycles. The summed E-state index contributed by atoms with van der Waals surface area (Å²) in [5.41, 5.74) is 4.56. The fourth-order valence-electron chi connectivity index (χ4n) is 4.34. The second-order valence-electron chi connectivity index (χ2n) is 7.74. The van der Waals surface area contributed by atoms with E-state index >= 15 is 0 Å². The fraction of sp³-hybridized carbons (Fsp3) is 0.111. The van der Waals surface area contributed by atoms with Crippen LogP contribution in [-0.4, -0.2) is 28.3 Å². The van der Waals surface area contributed by atoms with Crippen LogP contribution in [0.3, 0.4) is 0 Å². The van der Waals surface area contributed by atoms with Crippen LogP contribution in [0.15, 0.2) is 84.9 Å². The Bertz CT molecular complexity index is 1600. The van der Waals surface area contributed by atoms with Crippen molar-refractivity contribution < 1.29 is 9.47 Å². The van der Waals surface area contributed by atoms with Crippen LogP contribution in [0.1, 0.15) is 0 Å². The quantitative estimate of drug-likeness (QED) is 0.345. The first-order valence-electron chi connectivity index (χ1n) is 10.6. The molecule has 0 N–H and O–H groups in total. The summed E-state index contributed by atoms with van der Waals surface area (Å²) in [5.74, 6) is 1.69. The van der Waals surface area contributed by atoms with Crippen LogP contribution in [0.2, 0.25) is 0 Å². The third-order valence-electron chi connectivity index (χ3n) is 5.88. The lowest BCUT2D eigenvalue weighted by atomic mass is 10.1. The summed E-state index contributed by atoms with van der Waals surface area (Å²) >= 11 is 0. The second-order valence-corrected chi connectivity index (χ2v) is 7.74. The minimum atomic E-state index is 0.521. The molecule has 0 radical (unpaired) electrons. The van der Waals surface area contributed by atoms with Crippen molar-refractivity contribution in [2.24, 2.45) is 0 Å². The number of methoxy groups -OCH3 is 1. The van der Waals surface area contributed by atoms with E-state index in [1.54, 1.807) is 7.11 Å². The van der Waals surface area contributed by atoms with Gasteiger partial charge >= 0.3 is 0 Å². The average Bonchev–Trinajstić information content (AvgIpc) is 3.14. The number of fused-ring (bicyclic) bond motifs is 5. The zero-order chi connectivity index (χ0) is 21.5. The molecule has 2 aromatic heterocycles. The zero-order valence-corrected chi connectivity index (χ0v) is 17.7. The Kier molecular flexibility index (Phi) is 4.39. The number of ether oxygens (including phenoxy) is 2. The van der Waals surface area contributed by atoms with Crippen molar-refractivity contribution in [1.29, 1.82) is 0 Å². The van der Waals surface area contributed by atoms with Gasteiger partial charge in [0.1, 0.15) is 23.6 Å². The van der Waals surface area contributed by atoms with Crippen LogP contribution in [0.25, 0.3) is 43.9 Å². The molecule has 0 aliphatic rings. The van der Waals surface area contributed by atoms with Crippen LogP contribution in [0, 0.1) is 0 Å². The first-order valence-corrected chi connectivity index (χ1v) is 10.6. The van der Waals surface area contributed by atoms with E-state index in [2.05, 4.69) is 28.8 Å². The summed E-state index contributed by atoms with van der Waals surface area (Å²) in [7, 11) is 1.68. The summed E-state index contributed by atoms with van der Waals surface area (Å²) in [6.45, 7) is 1.18. The molecule has 0 atom stereocenters. The molecule has 156 valence electrons. The molecule has 0 saturated heterocycles. The van der Waals surface area contributed by atoms with Crippen molar-refractivity contribution in [2.75, 3.05) is 13.7 Å². The standard InChI is InChI=1S/C27H21N3O2/c1-31-19-13-14-24-21(17-19)26-27(29-23-11-5-4-10-22(23)28-26)30(24)15-16-32-25-12-6-8-18-7-2-3-9-20(18)25/h2-14,17H,15-16H2,1H3. The maximum Gasteiger partial charge on any atom is 0.160 e. The Hall–Kier alpha value is -4.12. The van der Waals surface area contributed by atoms with Crippen molar-refractivity contribution in [3.63, 3.8) is 0 Å². The van der Waals surface area contributed by atoms with Crippen LogP contribution in [-0.2, 0) is 6.54 Å². The smallest absolute Gasteiger partial charge is 0.160 e. The van der Waals surface area contributed by atoms with Crippen LogP contribution < -0.4 is 9.47 Å². The minimum absolute atomic E-state index is 0.521. The fourth-order valence-corrected chi connectivity index (χ4v) is 4.34. The van der Waals surface area contributed by atoms with Gasteiger partial charge in [-0.3, -0.25) is 0 Å². The van der Waals surface area contributed by atoms with E-state index in [0.29, 0.717) is 13.2 Å². The number of nitrogens with zero attached hydrogens (tertiary/aromatic N) is 3. The van der Waals surface area contributed by atoms with Gasteiger partial charge in [0.2, 0.25) is 0 Å². The maximum absolute atomic E-state index is 6.23. The summed E-state index contributed by atoms with van der Waals surface area (Å²) in [6, 6.07) is 28.5. The van der Waals surface area contributed by atoms with E-state index in [-0.39, 0.29) is 0 Å². The highest BCUT2D eigenvalue weighted by Crippen LogP contribution is 2.31. The number of para-hydroxylation sites is 2. The molecule has 0 bridgehead atoms. The Balaban J connectivity index is 1.43. The monoisotopic (exact) mass is 419 g/mol. The van der Waals surface area contributed by atoms with Crippen molar-refractivity contribution in [1.82, 2.24) is 14.5 Å². The summed E-state index contributed by atoms with van der Waals surface area (Å²) in [5, 5.41) is 3.32. The molecule has 2 heterocycles. The van der Waals surface area contributed by atoms with Crippen LogP contribution >= 0.6 is 0 Å². The zero-order valence-electron chi connectivity index (χ0n) is 17.7. The molecule has 5 heteroatoms. The lowest BCUT2D eigenvalue weighted by Gasteiger charge is -2.11. The Morgan fingerprint density at radius 3 is 2.44 bits per heavy atom. The number of hydrogen-bond donors (Lipinski definition) is 0.